The molecule has 1 N–H and O–H groups in total. The van der Waals surface area contributed by atoms with Crippen molar-refractivity contribution in [1.82, 2.24) is 5.32 Å². The normalized spacial score (nSPS) is 16.6. The fraction of sp³-hybridized carbons (Fsp3) is 0.200. The summed E-state index contributed by atoms with van der Waals surface area (Å²) in [6, 6.07) is 7.42. The molecule has 2 aromatic rings. The van der Waals surface area contributed by atoms with Gasteiger partial charge in [-0.2, -0.15) is 0 Å². The van der Waals surface area contributed by atoms with E-state index in [-0.39, 0.29) is 5.91 Å². The number of thioether (sulfide) groups is 1. The van der Waals surface area contributed by atoms with Gasteiger partial charge in [-0.05, 0) is 72.6 Å². The quantitative estimate of drug-likeness (QED) is 0.575. The molecule has 146 valence electrons. The summed E-state index contributed by atoms with van der Waals surface area (Å²) in [4.78, 5) is 17.4. The van der Waals surface area contributed by atoms with Crippen molar-refractivity contribution in [3.05, 3.63) is 55.4 Å². The number of carbonyl (C=O) groups is 1. The van der Waals surface area contributed by atoms with Crippen LogP contribution < -0.4 is 14.8 Å². The number of benzene rings is 2. The molecule has 1 aliphatic rings. The monoisotopic (exact) mass is 480 g/mol. The molecule has 28 heavy (non-hydrogen) atoms. The number of nitrogens with one attached hydrogen (secondary N) is 1. The van der Waals surface area contributed by atoms with Crippen LogP contribution in [0.4, 0.5) is 5.69 Å². The number of amidine groups is 1. The van der Waals surface area contributed by atoms with Gasteiger partial charge in [-0.3, -0.25) is 4.79 Å². The Kier molecular flexibility index (Phi) is 6.37. The van der Waals surface area contributed by atoms with Gasteiger partial charge in [-0.25, -0.2) is 4.99 Å². The van der Waals surface area contributed by atoms with Gasteiger partial charge in [0.05, 0.1) is 29.8 Å². The summed E-state index contributed by atoms with van der Waals surface area (Å²) < 4.78 is 11.6. The maximum absolute atomic E-state index is 12.4. The molecule has 0 atom stereocenters. The zero-order chi connectivity index (χ0) is 20.4. The van der Waals surface area contributed by atoms with Gasteiger partial charge < -0.3 is 14.8 Å². The van der Waals surface area contributed by atoms with Gasteiger partial charge in [0.1, 0.15) is 0 Å². The molecule has 1 fully saturated rings. The minimum atomic E-state index is -0.208. The van der Waals surface area contributed by atoms with E-state index in [2.05, 4.69) is 26.2 Å². The van der Waals surface area contributed by atoms with Crippen LogP contribution in [-0.4, -0.2) is 25.3 Å². The SMILES string of the molecule is COc1cc(/C=C2\SC(=Nc3cc(C)c(Br)c(C)c3)NC2=O)cc(Cl)c1OC. The summed E-state index contributed by atoms with van der Waals surface area (Å²) in [5.41, 5.74) is 3.70. The molecule has 1 saturated heterocycles. The lowest BCUT2D eigenvalue weighted by atomic mass is 10.1. The summed E-state index contributed by atoms with van der Waals surface area (Å²) >= 11 is 11.1. The van der Waals surface area contributed by atoms with Crippen LogP contribution in [0.5, 0.6) is 11.5 Å². The van der Waals surface area contributed by atoms with Crippen LogP contribution in [0.25, 0.3) is 6.08 Å². The number of carbonyl (C=O) groups excluding carboxylic acids is 1. The Balaban J connectivity index is 1.90. The van der Waals surface area contributed by atoms with Crippen LogP contribution in [0.1, 0.15) is 16.7 Å². The lowest BCUT2D eigenvalue weighted by Crippen LogP contribution is -2.19. The smallest absolute Gasteiger partial charge is 0.264 e. The second-order valence-electron chi connectivity index (χ2n) is 6.11. The zero-order valence-corrected chi connectivity index (χ0v) is 18.9. The molecule has 0 aliphatic carbocycles. The van der Waals surface area contributed by atoms with E-state index in [0.717, 1.165) is 26.9 Å². The summed E-state index contributed by atoms with van der Waals surface area (Å²) in [5, 5.41) is 3.74. The maximum Gasteiger partial charge on any atom is 0.264 e. The Hall–Kier alpha value is -1.96. The van der Waals surface area contributed by atoms with Crippen molar-refractivity contribution in [3.8, 4) is 11.5 Å². The molecule has 2 aromatic carbocycles. The largest absolute Gasteiger partial charge is 0.493 e. The lowest BCUT2D eigenvalue weighted by molar-refractivity contribution is -0.115. The van der Waals surface area contributed by atoms with Crippen molar-refractivity contribution in [1.29, 1.82) is 0 Å². The average molecular weight is 482 g/mol. The van der Waals surface area contributed by atoms with Gasteiger partial charge in [0, 0.05) is 4.47 Å². The number of ether oxygens (including phenoxy) is 2. The van der Waals surface area contributed by atoms with Crippen molar-refractivity contribution in [2.75, 3.05) is 14.2 Å². The fourth-order valence-electron chi connectivity index (χ4n) is 2.76. The number of hydrogen-bond donors (Lipinski definition) is 1. The van der Waals surface area contributed by atoms with E-state index in [1.54, 1.807) is 18.2 Å². The Morgan fingerprint density at radius 3 is 2.43 bits per heavy atom. The number of amides is 1. The highest BCUT2D eigenvalue weighted by Crippen LogP contribution is 2.38. The Labute approximate surface area is 181 Å². The standard InChI is InChI=1S/C20H18BrClN2O3S/c1-10-5-13(6-11(2)17(10)21)23-20-24-19(25)16(28-20)9-12-7-14(22)18(27-4)15(8-12)26-3/h5-9H,1-4H3,(H,23,24,25)/b16-9-. The number of halogens is 2. The molecule has 5 nitrogen and oxygen atoms in total. The van der Waals surface area contributed by atoms with Crippen molar-refractivity contribution >= 4 is 62.1 Å². The average Bonchev–Trinajstić information content (AvgIpc) is 2.97. The summed E-state index contributed by atoms with van der Waals surface area (Å²) in [5.74, 6) is 0.748. The first-order valence-electron chi connectivity index (χ1n) is 8.30. The van der Waals surface area contributed by atoms with E-state index in [0.29, 0.717) is 26.6 Å². The van der Waals surface area contributed by atoms with E-state index >= 15 is 0 Å². The molecular weight excluding hydrogens is 464 g/mol. The Bertz CT molecular complexity index is 998. The van der Waals surface area contributed by atoms with Crippen LogP contribution in [0, 0.1) is 13.8 Å². The Morgan fingerprint density at radius 1 is 1.14 bits per heavy atom. The highest BCUT2D eigenvalue weighted by Gasteiger charge is 2.24. The predicted octanol–water partition coefficient (Wildman–Crippen LogP) is 5.63. The summed E-state index contributed by atoms with van der Waals surface area (Å²) in [7, 11) is 3.06. The first kappa shape index (κ1) is 20.8. The molecule has 3 rings (SSSR count). The molecule has 0 bridgehead atoms. The highest BCUT2D eigenvalue weighted by molar-refractivity contribution is 9.10. The lowest BCUT2D eigenvalue weighted by Gasteiger charge is -2.10. The maximum atomic E-state index is 12.4. The first-order chi connectivity index (χ1) is 13.3. The number of hydrogen-bond acceptors (Lipinski definition) is 5. The minimum Gasteiger partial charge on any atom is -0.493 e. The molecule has 0 unspecified atom stereocenters. The second kappa shape index (κ2) is 8.59. The topological polar surface area (TPSA) is 59.9 Å². The van der Waals surface area contributed by atoms with Gasteiger partial charge in [0.25, 0.3) is 5.91 Å². The third-order valence-electron chi connectivity index (χ3n) is 4.06. The fourth-order valence-corrected chi connectivity index (χ4v) is 4.12. The minimum absolute atomic E-state index is 0.208. The van der Waals surface area contributed by atoms with Gasteiger partial charge in [0.2, 0.25) is 0 Å². The summed E-state index contributed by atoms with van der Waals surface area (Å²) in [6.45, 7) is 4.01. The molecular formula is C20H18BrClN2O3S. The molecule has 0 radical (unpaired) electrons. The Morgan fingerprint density at radius 2 is 1.82 bits per heavy atom. The number of nitrogens with zero attached hydrogens (tertiary/aromatic N) is 1. The van der Waals surface area contributed by atoms with Crippen molar-refractivity contribution in [3.63, 3.8) is 0 Å². The second-order valence-corrected chi connectivity index (χ2v) is 8.34. The van der Waals surface area contributed by atoms with Crippen molar-refractivity contribution < 1.29 is 14.3 Å². The molecule has 1 amide bonds. The number of aryl methyl sites for hydroxylation is 2. The predicted molar refractivity (Wildman–Crippen MR) is 119 cm³/mol. The molecule has 0 aromatic heterocycles. The van der Waals surface area contributed by atoms with Crippen molar-refractivity contribution in [2.45, 2.75) is 13.8 Å². The molecule has 0 spiro atoms. The van der Waals surface area contributed by atoms with E-state index in [4.69, 9.17) is 21.1 Å². The van der Waals surface area contributed by atoms with E-state index in [1.807, 2.05) is 26.0 Å². The van der Waals surface area contributed by atoms with E-state index < -0.39 is 0 Å². The van der Waals surface area contributed by atoms with Gasteiger partial charge in [-0.1, -0.05) is 27.5 Å². The molecule has 0 saturated carbocycles. The highest BCUT2D eigenvalue weighted by atomic mass is 79.9. The van der Waals surface area contributed by atoms with E-state index in [1.165, 1.54) is 26.0 Å². The first-order valence-corrected chi connectivity index (χ1v) is 10.3. The van der Waals surface area contributed by atoms with Crippen LogP contribution in [-0.2, 0) is 4.79 Å². The molecule has 8 heteroatoms. The van der Waals surface area contributed by atoms with Gasteiger partial charge in [0.15, 0.2) is 16.7 Å². The van der Waals surface area contributed by atoms with Crippen LogP contribution in [0.3, 0.4) is 0 Å². The summed E-state index contributed by atoms with van der Waals surface area (Å²) in [6.07, 6.45) is 1.74. The van der Waals surface area contributed by atoms with Gasteiger partial charge in [-0.15, -0.1) is 0 Å². The number of rotatable bonds is 4. The van der Waals surface area contributed by atoms with Crippen LogP contribution >= 0.6 is 39.3 Å². The van der Waals surface area contributed by atoms with Gasteiger partial charge >= 0.3 is 0 Å². The van der Waals surface area contributed by atoms with Crippen LogP contribution in [0.2, 0.25) is 5.02 Å². The zero-order valence-electron chi connectivity index (χ0n) is 15.7. The third-order valence-corrected chi connectivity index (χ3v) is 6.50. The van der Waals surface area contributed by atoms with E-state index in [9.17, 15) is 4.79 Å². The molecule has 1 heterocycles. The number of aliphatic imine (C=N–C) groups is 1. The number of methoxy groups -OCH3 is 2. The van der Waals surface area contributed by atoms with Crippen molar-refractivity contribution in [2.24, 2.45) is 4.99 Å². The third kappa shape index (κ3) is 4.37. The molecule has 1 aliphatic heterocycles. The van der Waals surface area contributed by atoms with Crippen LogP contribution in [0.15, 0.2) is 38.6 Å².